The number of rotatable bonds is 5. The molecule has 0 spiro atoms. The first kappa shape index (κ1) is 18.2. The van der Waals surface area contributed by atoms with Gasteiger partial charge >= 0.3 is 0 Å². The van der Waals surface area contributed by atoms with Gasteiger partial charge in [-0.05, 0) is 48.9 Å². The Morgan fingerprint density at radius 2 is 1.89 bits per heavy atom. The maximum absolute atomic E-state index is 12.8. The molecule has 6 nitrogen and oxygen atoms in total. The van der Waals surface area contributed by atoms with Gasteiger partial charge in [0, 0.05) is 18.7 Å². The van der Waals surface area contributed by atoms with Crippen molar-refractivity contribution in [1.82, 2.24) is 14.5 Å². The van der Waals surface area contributed by atoms with Gasteiger partial charge in [-0.1, -0.05) is 30.3 Å². The molecule has 1 aromatic heterocycles. The average molecular weight is 375 g/mol. The van der Waals surface area contributed by atoms with E-state index in [4.69, 9.17) is 11.1 Å². The Balaban J connectivity index is 1.38. The molecule has 1 aliphatic rings. The summed E-state index contributed by atoms with van der Waals surface area (Å²) in [4.78, 5) is 19.1. The van der Waals surface area contributed by atoms with E-state index in [9.17, 15) is 4.79 Å². The number of nitrogens with zero attached hydrogens (tertiary/aromatic N) is 3. The first-order valence-electron chi connectivity index (χ1n) is 9.71. The minimum absolute atomic E-state index is 0.0152. The van der Waals surface area contributed by atoms with Crippen LogP contribution in [-0.4, -0.2) is 39.3 Å². The van der Waals surface area contributed by atoms with E-state index in [-0.39, 0.29) is 18.3 Å². The quantitative estimate of drug-likeness (QED) is 0.531. The van der Waals surface area contributed by atoms with Crippen LogP contribution in [0.15, 0.2) is 54.9 Å². The summed E-state index contributed by atoms with van der Waals surface area (Å²) < 4.78 is 1.85. The molecule has 1 amide bonds. The van der Waals surface area contributed by atoms with Gasteiger partial charge in [0.15, 0.2) is 0 Å². The van der Waals surface area contributed by atoms with Crippen molar-refractivity contribution in [2.45, 2.75) is 25.8 Å². The number of amidine groups is 1. The summed E-state index contributed by atoms with van der Waals surface area (Å²) in [5.74, 6) is 0.769. The monoisotopic (exact) mass is 375 g/mol. The smallest absolute Gasteiger partial charge is 0.242 e. The number of nitrogen functional groups attached to an aromatic ring is 1. The first-order chi connectivity index (χ1) is 13.6. The number of hydrogen-bond donors (Lipinski definition) is 2. The fraction of sp³-hybridized carbons (Fsp3) is 0.318. The number of carbonyl (C=O) groups is 1. The molecule has 0 aliphatic carbocycles. The van der Waals surface area contributed by atoms with Crippen LogP contribution >= 0.6 is 0 Å². The molecule has 2 heterocycles. The van der Waals surface area contributed by atoms with Crippen LogP contribution in [0.3, 0.4) is 0 Å². The molecule has 2 aromatic carbocycles. The topological polar surface area (TPSA) is 88.0 Å². The van der Waals surface area contributed by atoms with E-state index >= 15 is 0 Å². The lowest BCUT2D eigenvalue weighted by atomic mass is 9.90. The second kappa shape index (κ2) is 7.84. The van der Waals surface area contributed by atoms with E-state index in [1.807, 2.05) is 27.7 Å². The van der Waals surface area contributed by atoms with Crippen LogP contribution in [0, 0.1) is 11.3 Å². The molecule has 3 aromatic rings. The molecule has 0 radical (unpaired) electrons. The predicted molar refractivity (Wildman–Crippen MR) is 110 cm³/mol. The molecular formula is C22H25N5O. The number of fused-ring (bicyclic) bond motifs is 1. The maximum atomic E-state index is 12.8. The molecule has 28 heavy (non-hydrogen) atoms. The van der Waals surface area contributed by atoms with E-state index < -0.39 is 0 Å². The Labute approximate surface area is 164 Å². The summed E-state index contributed by atoms with van der Waals surface area (Å²) in [5, 5.41) is 7.61. The summed E-state index contributed by atoms with van der Waals surface area (Å²) >= 11 is 0. The number of carbonyl (C=O) groups excluding carboxylic acids is 1. The third kappa shape index (κ3) is 3.91. The van der Waals surface area contributed by atoms with Crippen molar-refractivity contribution in [3.8, 4) is 0 Å². The normalized spacial score (nSPS) is 15.1. The number of hydrogen-bond acceptors (Lipinski definition) is 3. The highest BCUT2D eigenvalue weighted by Crippen LogP contribution is 2.22. The number of likely N-dealkylation sites (tertiary alicyclic amines) is 1. The van der Waals surface area contributed by atoms with Crippen LogP contribution in [0.25, 0.3) is 11.0 Å². The minimum Gasteiger partial charge on any atom is -0.384 e. The molecule has 4 rings (SSSR count). The number of amides is 1. The van der Waals surface area contributed by atoms with E-state index in [0.29, 0.717) is 11.5 Å². The number of piperidine rings is 1. The van der Waals surface area contributed by atoms with Crippen molar-refractivity contribution >= 4 is 22.8 Å². The van der Waals surface area contributed by atoms with Crippen molar-refractivity contribution < 1.29 is 4.79 Å². The standard InChI is InChI=1S/C22H25N5O/c23-22(24)18-6-7-19-20(13-18)27(15-25-19)14-21(28)26-10-8-17(9-11-26)12-16-4-2-1-3-5-16/h1-7,13,15,17H,8-12,14H2,(H3,23,24). The summed E-state index contributed by atoms with van der Waals surface area (Å²) in [6.45, 7) is 1.88. The van der Waals surface area contributed by atoms with Gasteiger partial charge in [0.25, 0.3) is 0 Å². The zero-order chi connectivity index (χ0) is 19.5. The Hall–Kier alpha value is -3.15. The molecule has 0 bridgehead atoms. The Bertz CT molecular complexity index is 987. The molecular weight excluding hydrogens is 350 g/mol. The Morgan fingerprint density at radius 3 is 2.61 bits per heavy atom. The molecule has 0 unspecified atom stereocenters. The van der Waals surface area contributed by atoms with E-state index in [1.165, 1.54) is 5.56 Å². The lowest BCUT2D eigenvalue weighted by Gasteiger charge is -2.32. The molecule has 1 fully saturated rings. The largest absolute Gasteiger partial charge is 0.384 e. The average Bonchev–Trinajstić information content (AvgIpc) is 3.11. The van der Waals surface area contributed by atoms with Crippen molar-refractivity contribution in [3.63, 3.8) is 0 Å². The third-order valence-electron chi connectivity index (χ3n) is 5.57. The van der Waals surface area contributed by atoms with Gasteiger partial charge in [0.2, 0.25) is 5.91 Å². The van der Waals surface area contributed by atoms with E-state index in [2.05, 4.69) is 29.2 Å². The van der Waals surface area contributed by atoms with Crippen LogP contribution in [-0.2, 0) is 17.8 Å². The molecule has 3 N–H and O–H groups in total. The fourth-order valence-electron chi connectivity index (χ4n) is 3.93. The zero-order valence-electron chi connectivity index (χ0n) is 15.8. The first-order valence-corrected chi connectivity index (χ1v) is 9.71. The van der Waals surface area contributed by atoms with Crippen LogP contribution in [0.4, 0.5) is 0 Å². The highest BCUT2D eigenvalue weighted by molar-refractivity contribution is 5.98. The summed E-state index contributed by atoms with van der Waals surface area (Å²) in [7, 11) is 0. The number of nitrogens with two attached hydrogens (primary N) is 1. The third-order valence-corrected chi connectivity index (χ3v) is 5.57. The van der Waals surface area contributed by atoms with Crippen LogP contribution in [0.1, 0.15) is 24.0 Å². The van der Waals surface area contributed by atoms with Gasteiger partial charge in [-0.2, -0.15) is 0 Å². The van der Waals surface area contributed by atoms with Gasteiger partial charge in [-0.3, -0.25) is 10.2 Å². The number of aromatic nitrogens is 2. The van der Waals surface area contributed by atoms with Crippen molar-refractivity contribution in [2.24, 2.45) is 11.7 Å². The highest BCUT2D eigenvalue weighted by Gasteiger charge is 2.23. The Kier molecular flexibility index (Phi) is 5.10. The fourth-order valence-corrected chi connectivity index (χ4v) is 3.93. The predicted octanol–water partition coefficient (Wildman–Crippen LogP) is 2.80. The van der Waals surface area contributed by atoms with E-state index in [0.717, 1.165) is 43.4 Å². The SMILES string of the molecule is N=C(N)c1ccc2ncn(CC(=O)N3CCC(Cc4ccccc4)CC3)c2c1. The maximum Gasteiger partial charge on any atom is 0.242 e. The number of benzene rings is 2. The van der Waals surface area contributed by atoms with E-state index in [1.54, 1.807) is 12.4 Å². The van der Waals surface area contributed by atoms with Crippen molar-refractivity contribution in [2.75, 3.05) is 13.1 Å². The van der Waals surface area contributed by atoms with Crippen molar-refractivity contribution in [1.29, 1.82) is 5.41 Å². The van der Waals surface area contributed by atoms with Crippen molar-refractivity contribution in [3.05, 3.63) is 66.0 Å². The second-order valence-electron chi connectivity index (χ2n) is 7.50. The highest BCUT2D eigenvalue weighted by atomic mass is 16.2. The lowest BCUT2D eigenvalue weighted by Crippen LogP contribution is -2.40. The van der Waals surface area contributed by atoms with Gasteiger partial charge in [-0.15, -0.1) is 0 Å². The summed E-state index contributed by atoms with van der Waals surface area (Å²) in [6.07, 6.45) is 4.86. The molecule has 6 heteroatoms. The lowest BCUT2D eigenvalue weighted by molar-refractivity contribution is -0.133. The second-order valence-corrected chi connectivity index (χ2v) is 7.50. The van der Waals surface area contributed by atoms with Gasteiger partial charge in [0.1, 0.15) is 12.4 Å². The van der Waals surface area contributed by atoms with Crippen LogP contribution in [0.5, 0.6) is 0 Å². The number of nitrogens with one attached hydrogen (secondary N) is 1. The Morgan fingerprint density at radius 1 is 1.14 bits per heavy atom. The molecule has 144 valence electrons. The molecule has 1 saturated heterocycles. The molecule has 0 saturated carbocycles. The summed E-state index contributed by atoms with van der Waals surface area (Å²) in [5.41, 5.74) is 9.24. The number of imidazole rings is 1. The minimum atomic E-state index is 0.0152. The molecule has 1 aliphatic heterocycles. The zero-order valence-corrected chi connectivity index (χ0v) is 15.8. The summed E-state index contributed by atoms with van der Waals surface area (Å²) in [6, 6.07) is 16.0. The van der Waals surface area contributed by atoms with Crippen LogP contribution in [0.2, 0.25) is 0 Å². The van der Waals surface area contributed by atoms with Gasteiger partial charge < -0.3 is 15.2 Å². The van der Waals surface area contributed by atoms with Crippen LogP contribution < -0.4 is 5.73 Å². The van der Waals surface area contributed by atoms with Gasteiger partial charge in [0.05, 0.1) is 17.4 Å². The molecule has 0 atom stereocenters. The van der Waals surface area contributed by atoms with Gasteiger partial charge in [-0.25, -0.2) is 4.98 Å².